The first-order chi connectivity index (χ1) is 6.70. The van der Waals surface area contributed by atoms with Crippen molar-refractivity contribution in [1.29, 1.82) is 0 Å². The van der Waals surface area contributed by atoms with Crippen molar-refractivity contribution in [3.8, 4) is 0 Å². The first kappa shape index (κ1) is 12.2. The van der Waals surface area contributed by atoms with Gasteiger partial charge < -0.3 is 0 Å². The van der Waals surface area contributed by atoms with Gasteiger partial charge in [-0.15, -0.1) is 0 Å². The second kappa shape index (κ2) is 5.91. The lowest BCUT2D eigenvalue weighted by atomic mass is 10.2. The second-order valence-corrected chi connectivity index (χ2v) is 4.89. The number of nitrogens with zero attached hydrogens (tertiary/aromatic N) is 2. The van der Waals surface area contributed by atoms with E-state index in [1.54, 1.807) is 0 Å². The number of unbranched alkanes of at least 4 members (excludes halogenated alkanes) is 1. The Bertz CT molecular complexity index is 295. The van der Waals surface area contributed by atoms with E-state index in [0.717, 1.165) is 24.0 Å². The first-order valence-electron chi connectivity index (χ1n) is 4.98. The summed E-state index contributed by atoms with van der Waals surface area (Å²) in [5.41, 5.74) is 2.44. The van der Waals surface area contributed by atoms with Crippen LogP contribution in [0.1, 0.15) is 31.2 Å². The number of hydrogen-bond donors (Lipinski definition) is 0. The Morgan fingerprint density at radius 1 is 1.36 bits per heavy atom. The fraction of sp³-hybridized carbons (Fsp3) is 0.700. The molecule has 1 rings (SSSR count). The summed E-state index contributed by atoms with van der Waals surface area (Å²) >= 11 is 7.05. The zero-order chi connectivity index (χ0) is 10.6. The lowest BCUT2D eigenvalue weighted by molar-refractivity contribution is 0.604. The molecule has 0 aliphatic carbocycles. The van der Waals surface area contributed by atoms with Gasteiger partial charge in [0.05, 0.1) is 15.9 Å². The highest BCUT2D eigenvalue weighted by molar-refractivity contribution is 9.10. The predicted molar refractivity (Wildman–Crippen MR) is 67.1 cm³/mol. The number of aryl methyl sites for hydroxylation is 2. The molecule has 0 fully saturated rings. The van der Waals surface area contributed by atoms with E-state index in [-0.39, 0.29) is 0 Å². The Kier molecular flexibility index (Phi) is 5.17. The third-order valence-corrected chi connectivity index (χ3v) is 3.84. The Balaban J connectivity index is 2.72. The van der Waals surface area contributed by atoms with E-state index in [1.165, 1.54) is 23.0 Å². The van der Waals surface area contributed by atoms with E-state index in [0.29, 0.717) is 0 Å². The van der Waals surface area contributed by atoms with Crippen LogP contribution >= 0.6 is 31.9 Å². The summed E-state index contributed by atoms with van der Waals surface area (Å²) in [6.45, 7) is 5.13. The minimum Gasteiger partial charge on any atom is -0.268 e. The van der Waals surface area contributed by atoms with Gasteiger partial charge in [-0.05, 0) is 49.0 Å². The third kappa shape index (κ3) is 2.83. The van der Waals surface area contributed by atoms with E-state index >= 15 is 0 Å². The molecule has 2 nitrogen and oxygen atoms in total. The van der Waals surface area contributed by atoms with Gasteiger partial charge in [0.15, 0.2) is 0 Å². The highest BCUT2D eigenvalue weighted by Crippen LogP contribution is 2.22. The zero-order valence-electron chi connectivity index (χ0n) is 8.69. The molecular weight excluding hydrogens is 308 g/mol. The number of aromatic nitrogens is 2. The summed E-state index contributed by atoms with van der Waals surface area (Å²) < 4.78 is 3.28. The van der Waals surface area contributed by atoms with Gasteiger partial charge in [0, 0.05) is 11.9 Å². The lowest BCUT2D eigenvalue weighted by Gasteiger charge is -2.04. The van der Waals surface area contributed by atoms with E-state index in [1.807, 2.05) is 6.92 Å². The molecule has 0 saturated carbocycles. The van der Waals surface area contributed by atoms with Gasteiger partial charge >= 0.3 is 0 Å². The second-order valence-electron chi connectivity index (χ2n) is 3.31. The van der Waals surface area contributed by atoms with Crippen LogP contribution in [-0.4, -0.2) is 15.1 Å². The molecule has 1 aromatic heterocycles. The third-order valence-electron chi connectivity index (χ3n) is 2.25. The molecule has 1 heterocycles. The summed E-state index contributed by atoms with van der Waals surface area (Å²) in [7, 11) is 0. The van der Waals surface area contributed by atoms with Crippen molar-refractivity contribution in [2.24, 2.45) is 0 Å². The molecule has 0 spiro atoms. The number of hydrogen-bond acceptors (Lipinski definition) is 1. The number of alkyl halides is 1. The maximum Gasteiger partial charge on any atom is 0.0738 e. The summed E-state index contributed by atoms with van der Waals surface area (Å²) in [6.07, 6.45) is 3.55. The van der Waals surface area contributed by atoms with Gasteiger partial charge in [0.2, 0.25) is 0 Å². The average molecular weight is 324 g/mol. The minimum absolute atomic E-state index is 0.954. The molecule has 1 aromatic rings. The molecule has 0 unspecified atom stereocenters. The van der Waals surface area contributed by atoms with Crippen LogP contribution in [0.4, 0.5) is 0 Å². The number of halogens is 2. The summed E-state index contributed by atoms with van der Waals surface area (Å²) in [6, 6.07) is 0. The van der Waals surface area contributed by atoms with Gasteiger partial charge in [0.25, 0.3) is 0 Å². The van der Waals surface area contributed by atoms with Crippen LogP contribution in [0.5, 0.6) is 0 Å². The predicted octanol–water partition coefficient (Wildman–Crippen LogP) is 3.69. The molecule has 0 amide bonds. The molecule has 0 aromatic carbocycles. The van der Waals surface area contributed by atoms with Gasteiger partial charge in [-0.3, -0.25) is 4.68 Å². The van der Waals surface area contributed by atoms with Crippen LogP contribution < -0.4 is 0 Å². The summed E-state index contributed by atoms with van der Waals surface area (Å²) in [5.74, 6) is 0. The fourth-order valence-electron chi connectivity index (χ4n) is 1.49. The Morgan fingerprint density at radius 3 is 2.64 bits per heavy atom. The Hall–Kier alpha value is 0.170. The van der Waals surface area contributed by atoms with Crippen LogP contribution in [0.25, 0.3) is 0 Å². The van der Waals surface area contributed by atoms with Gasteiger partial charge in [-0.2, -0.15) is 5.10 Å². The zero-order valence-corrected chi connectivity index (χ0v) is 11.9. The van der Waals surface area contributed by atoms with Crippen molar-refractivity contribution in [3.05, 3.63) is 15.9 Å². The largest absolute Gasteiger partial charge is 0.268 e. The molecule has 0 atom stereocenters. The summed E-state index contributed by atoms with van der Waals surface area (Å²) in [5, 5.41) is 5.55. The normalized spacial score (nSPS) is 10.9. The van der Waals surface area contributed by atoms with Crippen LogP contribution in [0.15, 0.2) is 4.47 Å². The SMILES string of the molecule is CCn1nc(C)c(Br)c1CCCCBr. The Morgan fingerprint density at radius 2 is 2.07 bits per heavy atom. The van der Waals surface area contributed by atoms with Crippen molar-refractivity contribution in [2.75, 3.05) is 5.33 Å². The Labute approximate surface area is 102 Å². The standard InChI is InChI=1S/C10H16Br2N2/c1-3-14-9(6-4-5-7-11)10(12)8(2)13-14/h3-7H2,1-2H3. The molecule has 0 saturated heterocycles. The highest BCUT2D eigenvalue weighted by atomic mass is 79.9. The maximum absolute atomic E-state index is 4.47. The number of rotatable bonds is 5. The topological polar surface area (TPSA) is 17.8 Å². The minimum atomic E-state index is 0.954. The van der Waals surface area contributed by atoms with Crippen LogP contribution in [0.2, 0.25) is 0 Å². The van der Waals surface area contributed by atoms with Crippen molar-refractivity contribution < 1.29 is 0 Å². The van der Waals surface area contributed by atoms with Crippen LogP contribution in [0.3, 0.4) is 0 Å². The van der Waals surface area contributed by atoms with Gasteiger partial charge in [-0.1, -0.05) is 15.9 Å². The van der Waals surface area contributed by atoms with E-state index in [2.05, 4.69) is 48.6 Å². The molecule has 14 heavy (non-hydrogen) atoms. The molecule has 0 bridgehead atoms. The molecule has 80 valence electrons. The molecule has 0 N–H and O–H groups in total. The average Bonchev–Trinajstić information content (AvgIpc) is 2.45. The van der Waals surface area contributed by atoms with Crippen molar-refractivity contribution in [2.45, 2.75) is 39.7 Å². The van der Waals surface area contributed by atoms with Crippen molar-refractivity contribution >= 4 is 31.9 Å². The maximum atomic E-state index is 4.47. The summed E-state index contributed by atoms with van der Waals surface area (Å²) in [4.78, 5) is 0. The first-order valence-corrected chi connectivity index (χ1v) is 6.89. The van der Waals surface area contributed by atoms with Crippen molar-refractivity contribution in [3.63, 3.8) is 0 Å². The fourth-order valence-corrected chi connectivity index (χ4v) is 2.37. The highest BCUT2D eigenvalue weighted by Gasteiger charge is 2.10. The molecular formula is C10H16Br2N2. The van der Waals surface area contributed by atoms with Gasteiger partial charge in [-0.25, -0.2) is 0 Å². The van der Waals surface area contributed by atoms with E-state index in [9.17, 15) is 0 Å². The van der Waals surface area contributed by atoms with E-state index < -0.39 is 0 Å². The molecule has 0 radical (unpaired) electrons. The lowest BCUT2D eigenvalue weighted by Crippen LogP contribution is -2.03. The van der Waals surface area contributed by atoms with Crippen LogP contribution in [-0.2, 0) is 13.0 Å². The van der Waals surface area contributed by atoms with Crippen LogP contribution in [0, 0.1) is 6.92 Å². The van der Waals surface area contributed by atoms with Gasteiger partial charge in [0.1, 0.15) is 0 Å². The quantitative estimate of drug-likeness (QED) is 0.597. The smallest absolute Gasteiger partial charge is 0.0738 e. The van der Waals surface area contributed by atoms with Crippen molar-refractivity contribution in [1.82, 2.24) is 9.78 Å². The molecule has 0 aliphatic rings. The van der Waals surface area contributed by atoms with E-state index in [4.69, 9.17) is 0 Å². The molecule has 0 aliphatic heterocycles. The molecule has 4 heteroatoms. The monoisotopic (exact) mass is 322 g/mol.